The van der Waals surface area contributed by atoms with Crippen molar-refractivity contribution in [3.63, 3.8) is 0 Å². The largest absolute Gasteiger partial charge is 0.365 e. The monoisotopic (exact) mass is 306 g/mol. The van der Waals surface area contributed by atoms with Gasteiger partial charge in [-0.1, -0.05) is 26.7 Å². The zero-order valence-electron chi connectivity index (χ0n) is 14.0. The first-order chi connectivity index (χ1) is 10.3. The van der Waals surface area contributed by atoms with E-state index in [2.05, 4.69) is 6.92 Å². The maximum atomic E-state index is 12.5. The highest BCUT2D eigenvalue weighted by molar-refractivity contribution is 5.88. The topological polar surface area (TPSA) is 57.5 Å². The van der Waals surface area contributed by atoms with Crippen LogP contribution in [-0.2, 0) is 4.79 Å². The normalized spacial score (nSPS) is 53.5. The first-order valence-corrected chi connectivity index (χ1v) is 9.27. The average molecular weight is 306 g/mol. The van der Waals surface area contributed by atoms with E-state index >= 15 is 0 Å². The van der Waals surface area contributed by atoms with Crippen LogP contribution in [0.4, 0.5) is 0 Å². The molecule has 4 saturated carbocycles. The fraction of sp³-hybridized carbons (Fsp3) is 0.947. The first-order valence-electron chi connectivity index (χ1n) is 9.27. The van der Waals surface area contributed by atoms with Crippen LogP contribution in [0, 0.1) is 34.5 Å². The van der Waals surface area contributed by atoms with Gasteiger partial charge in [0.1, 0.15) is 5.78 Å². The third kappa shape index (κ3) is 1.78. The van der Waals surface area contributed by atoms with Crippen molar-refractivity contribution in [2.45, 2.75) is 77.4 Å². The van der Waals surface area contributed by atoms with Crippen LogP contribution in [0.1, 0.15) is 71.6 Å². The molecule has 3 heteroatoms. The maximum Gasteiger partial charge on any atom is 0.173 e. The predicted octanol–water partition coefficient (Wildman–Crippen LogP) is 3.28. The van der Waals surface area contributed by atoms with Crippen LogP contribution in [0.25, 0.3) is 0 Å². The molecule has 0 aromatic carbocycles. The van der Waals surface area contributed by atoms with Crippen molar-refractivity contribution in [1.29, 1.82) is 0 Å². The summed E-state index contributed by atoms with van der Waals surface area (Å²) >= 11 is 0. The Hall–Kier alpha value is -0.410. The number of carbonyl (C=O) groups excluding carboxylic acids is 1. The molecule has 0 spiro atoms. The molecule has 0 heterocycles. The number of hydrogen-bond donors (Lipinski definition) is 2. The van der Waals surface area contributed by atoms with E-state index < -0.39 is 11.2 Å². The molecule has 4 rings (SSSR count). The second-order valence-electron chi connectivity index (χ2n) is 9.21. The van der Waals surface area contributed by atoms with Gasteiger partial charge in [-0.25, -0.2) is 0 Å². The second-order valence-corrected chi connectivity index (χ2v) is 9.21. The molecule has 0 radical (unpaired) electrons. The Balaban J connectivity index is 1.72. The van der Waals surface area contributed by atoms with Crippen LogP contribution >= 0.6 is 0 Å². The van der Waals surface area contributed by atoms with Crippen LogP contribution in [0.5, 0.6) is 0 Å². The van der Waals surface area contributed by atoms with E-state index in [4.69, 9.17) is 0 Å². The molecule has 0 amide bonds. The highest BCUT2D eigenvalue weighted by atomic mass is 16.5. The number of aliphatic hydroxyl groups is 2. The molecule has 6 atom stereocenters. The average Bonchev–Trinajstić information content (AvgIpc) is 2.63. The lowest BCUT2D eigenvalue weighted by Gasteiger charge is -2.60. The summed E-state index contributed by atoms with van der Waals surface area (Å²) in [5, 5.41) is 21.2. The fourth-order valence-corrected chi connectivity index (χ4v) is 7.22. The molecule has 22 heavy (non-hydrogen) atoms. The zero-order valence-corrected chi connectivity index (χ0v) is 14.0. The molecule has 0 unspecified atom stereocenters. The number of ketones is 1. The van der Waals surface area contributed by atoms with Gasteiger partial charge in [-0.05, 0) is 61.7 Å². The molecule has 2 N–H and O–H groups in total. The Morgan fingerprint density at radius 3 is 2.55 bits per heavy atom. The summed E-state index contributed by atoms with van der Waals surface area (Å²) in [4.78, 5) is 12.5. The summed E-state index contributed by atoms with van der Waals surface area (Å²) in [5.41, 5.74) is -0.132. The molecule has 4 fully saturated rings. The van der Waals surface area contributed by atoms with Crippen molar-refractivity contribution < 1.29 is 15.0 Å². The lowest BCUT2D eigenvalue weighted by Crippen LogP contribution is -2.56. The van der Waals surface area contributed by atoms with E-state index in [1.54, 1.807) is 0 Å². The molecular formula is C19H30O3. The Bertz CT molecular complexity index is 499. The minimum atomic E-state index is -1.77. The van der Waals surface area contributed by atoms with Gasteiger partial charge < -0.3 is 10.2 Å². The molecule has 124 valence electrons. The van der Waals surface area contributed by atoms with Crippen LogP contribution in [0.15, 0.2) is 0 Å². The Morgan fingerprint density at radius 1 is 1.00 bits per heavy atom. The number of carbonyl (C=O) groups is 1. The van der Waals surface area contributed by atoms with Gasteiger partial charge >= 0.3 is 0 Å². The Morgan fingerprint density at radius 2 is 1.77 bits per heavy atom. The van der Waals surface area contributed by atoms with Gasteiger partial charge in [0.05, 0.1) is 6.42 Å². The van der Waals surface area contributed by atoms with E-state index in [9.17, 15) is 15.0 Å². The summed E-state index contributed by atoms with van der Waals surface area (Å²) in [6.07, 6.45) is 9.52. The predicted molar refractivity (Wildman–Crippen MR) is 83.9 cm³/mol. The molecule has 4 aliphatic rings. The first kappa shape index (κ1) is 15.1. The second kappa shape index (κ2) is 4.57. The van der Waals surface area contributed by atoms with Crippen molar-refractivity contribution in [2.24, 2.45) is 34.5 Å². The minimum absolute atomic E-state index is 0.0580. The van der Waals surface area contributed by atoms with Crippen LogP contribution in [0.2, 0.25) is 0 Å². The smallest absolute Gasteiger partial charge is 0.173 e. The highest BCUT2D eigenvalue weighted by Crippen LogP contribution is 2.66. The zero-order chi connectivity index (χ0) is 15.8. The lowest BCUT2D eigenvalue weighted by atomic mass is 9.45. The number of Topliss-reactive ketones (excluding diaryl/α,β-unsaturated/α-hetero) is 1. The van der Waals surface area contributed by atoms with Crippen molar-refractivity contribution >= 4 is 5.78 Å². The summed E-state index contributed by atoms with van der Waals surface area (Å²) in [7, 11) is 0. The van der Waals surface area contributed by atoms with Crippen molar-refractivity contribution in [3.05, 3.63) is 0 Å². The van der Waals surface area contributed by atoms with E-state index in [-0.39, 0.29) is 18.1 Å². The molecule has 0 aromatic rings. The molecule has 0 aliphatic heterocycles. The van der Waals surface area contributed by atoms with Gasteiger partial charge in [0.2, 0.25) is 0 Å². The SMILES string of the molecule is C[C@]12CCCC[C@@H]1CC[C@H]1[C@@H]3C(O)(O)CC(=O)[C@@]3(C)CC[C@@H]12. The minimum Gasteiger partial charge on any atom is -0.365 e. The Labute approximate surface area is 133 Å². The van der Waals surface area contributed by atoms with Crippen LogP contribution in [0.3, 0.4) is 0 Å². The van der Waals surface area contributed by atoms with Crippen molar-refractivity contribution in [1.82, 2.24) is 0 Å². The molecule has 3 nitrogen and oxygen atoms in total. The van der Waals surface area contributed by atoms with Gasteiger partial charge in [-0.2, -0.15) is 0 Å². The van der Waals surface area contributed by atoms with Crippen molar-refractivity contribution in [3.8, 4) is 0 Å². The number of fused-ring (bicyclic) bond motifs is 5. The van der Waals surface area contributed by atoms with Crippen molar-refractivity contribution in [2.75, 3.05) is 0 Å². The molecule has 0 saturated heterocycles. The third-order valence-corrected chi connectivity index (χ3v) is 8.31. The van der Waals surface area contributed by atoms with E-state index in [1.807, 2.05) is 6.92 Å². The quantitative estimate of drug-likeness (QED) is 0.675. The standard InChI is InChI=1S/C19H30O3/c1-17-9-4-3-5-12(17)6-7-13-14(17)8-10-18(2)15(20)11-19(21,22)16(13)18/h12-14,16,21-22H,3-11H2,1-2H3/t12-,13-,14+,16+,17+,18-/m1/s1. The summed E-state index contributed by atoms with van der Waals surface area (Å²) in [6.45, 7) is 4.46. The molecule has 0 bridgehead atoms. The Kier molecular flexibility index (Phi) is 3.14. The third-order valence-electron chi connectivity index (χ3n) is 8.31. The van der Waals surface area contributed by atoms with Gasteiger partial charge in [0.15, 0.2) is 5.79 Å². The summed E-state index contributed by atoms with van der Waals surface area (Å²) in [6, 6.07) is 0. The molecule has 4 aliphatic carbocycles. The van der Waals surface area contributed by atoms with E-state index in [0.29, 0.717) is 17.3 Å². The van der Waals surface area contributed by atoms with Gasteiger partial charge in [0.25, 0.3) is 0 Å². The van der Waals surface area contributed by atoms with E-state index in [1.165, 1.54) is 32.1 Å². The molecule has 0 aromatic heterocycles. The summed E-state index contributed by atoms with van der Waals surface area (Å²) < 4.78 is 0. The molecular weight excluding hydrogens is 276 g/mol. The van der Waals surface area contributed by atoms with Gasteiger partial charge in [-0.15, -0.1) is 0 Å². The number of rotatable bonds is 0. The van der Waals surface area contributed by atoms with Gasteiger partial charge in [0, 0.05) is 11.3 Å². The maximum absolute atomic E-state index is 12.5. The van der Waals surface area contributed by atoms with Crippen LogP contribution in [-0.4, -0.2) is 21.8 Å². The van der Waals surface area contributed by atoms with E-state index in [0.717, 1.165) is 25.2 Å². The lowest BCUT2D eigenvalue weighted by molar-refractivity contribution is -0.239. The van der Waals surface area contributed by atoms with Gasteiger partial charge in [-0.3, -0.25) is 4.79 Å². The fourth-order valence-electron chi connectivity index (χ4n) is 7.22. The van der Waals surface area contributed by atoms with Crippen LogP contribution < -0.4 is 0 Å². The summed E-state index contributed by atoms with van der Waals surface area (Å²) in [5.74, 6) is -0.222. The number of hydrogen-bond acceptors (Lipinski definition) is 3. The highest BCUT2D eigenvalue weighted by Gasteiger charge is 2.67.